The van der Waals surface area contributed by atoms with Gasteiger partial charge in [-0.3, -0.25) is 9.59 Å². The lowest BCUT2D eigenvalue weighted by Gasteiger charge is -2.39. The number of carbonyl (C=O) groups is 2. The first-order valence-electron chi connectivity index (χ1n) is 17.6. The molecule has 58 heavy (non-hydrogen) atoms. The second-order valence-corrected chi connectivity index (χ2v) is 14.4. The quantitative estimate of drug-likeness (QED) is 0.0906. The first-order chi connectivity index (χ1) is 26.8. The Morgan fingerprint density at radius 2 is 1.07 bits per heavy atom. The van der Waals surface area contributed by atoms with Gasteiger partial charge in [0.1, 0.15) is 0 Å². The highest BCUT2D eigenvalue weighted by molar-refractivity contribution is 6.07. The number of aryl methyl sites for hydroxylation is 2. The summed E-state index contributed by atoms with van der Waals surface area (Å²) in [6.45, 7) is 4.24. The lowest BCUT2D eigenvalue weighted by Crippen LogP contribution is -2.54. The molecule has 1 aliphatic carbocycles. The number of anilines is 2. The third-order valence-corrected chi connectivity index (χ3v) is 10.8. The van der Waals surface area contributed by atoms with Crippen LogP contribution < -0.4 is 10.6 Å². The van der Waals surface area contributed by atoms with E-state index in [9.17, 15) is 59.3 Å². The molecule has 6 rings (SSSR count). The molecule has 0 fully saturated rings. The van der Waals surface area contributed by atoms with Gasteiger partial charge in [-0.25, -0.2) is 0 Å². The maximum absolute atomic E-state index is 15.0. The van der Waals surface area contributed by atoms with Gasteiger partial charge in [-0.05, 0) is 96.5 Å². The molecule has 304 valence electrons. The van der Waals surface area contributed by atoms with Gasteiger partial charge < -0.3 is 20.8 Å². The monoisotopic (exact) mass is 814 g/mol. The van der Waals surface area contributed by atoms with Crippen molar-refractivity contribution in [2.75, 3.05) is 17.7 Å². The van der Waals surface area contributed by atoms with Crippen LogP contribution in [0.1, 0.15) is 79.1 Å². The summed E-state index contributed by atoms with van der Waals surface area (Å²) in [5.74, 6) is -1.70. The fourth-order valence-corrected chi connectivity index (χ4v) is 7.88. The Labute approximate surface area is 326 Å². The van der Waals surface area contributed by atoms with E-state index >= 15 is 0 Å². The number of hydrogen-bond acceptors (Lipinski definition) is 5. The number of nitrogens with one attached hydrogen (secondary N) is 2. The maximum atomic E-state index is 15.0. The topological polar surface area (TPSA) is 98.7 Å². The van der Waals surface area contributed by atoms with Crippen LogP contribution in [0, 0.1) is 13.8 Å². The molecule has 0 aliphatic heterocycles. The number of alkyl halides is 9. The van der Waals surface area contributed by atoms with E-state index in [1.807, 2.05) is 0 Å². The number of hydrogen-bond donors (Lipinski definition) is 4. The minimum absolute atomic E-state index is 0.0194. The fraction of sp³-hybridized carbons (Fsp3) is 0.256. The Kier molecular flexibility index (Phi) is 10.1. The zero-order valence-electron chi connectivity index (χ0n) is 31.4. The Hall–Kier alpha value is -5.67. The van der Waals surface area contributed by atoms with Gasteiger partial charge in [0.25, 0.3) is 11.5 Å². The molecule has 5 aromatic carbocycles. The molecule has 0 bridgehead atoms. The lowest BCUT2D eigenvalue weighted by atomic mass is 9.65. The molecule has 4 N–H and O–H groups in total. The highest BCUT2D eigenvalue weighted by atomic mass is 19.4. The molecule has 6 nitrogen and oxygen atoms in total. The van der Waals surface area contributed by atoms with E-state index < -0.39 is 69.2 Å². The van der Waals surface area contributed by atoms with Gasteiger partial charge in [-0.1, -0.05) is 72.8 Å². The number of Topliss-reactive ketones (excluding diaryl/α,β-unsaturated/α-hetero) is 1. The molecule has 0 spiro atoms. The smallest absolute Gasteiger partial charge is 0.388 e. The first-order valence-corrected chi connectivity index (χ1v) is 17.6. The Balaban J connectivity index is 1.79. The van der Waals surface area contributed by atoms with Crippen molar-refractivity contribution in [1.29, 1.82) is 0 Å². The number of carbonyl (C=O) groups excluding carboxylic acids is 2. The molecule has 0 saturated heterocycles. The standard InChI is InChI=1S/C43H35F9N2O4/c1-22-17-27(20-33(35(22)53-5)38(4,57)41(44,45)46)39(31-15-8-6-13-29(31)30-14-7-9-16-32(30)39)28-18-23(2)36(34(21-28)40(58,42(47,48)49)43(50,51)52)54-37(56)26-12-10-11-25(19-26)24(3)55/h6-21,53,57-58H,1-5H3,(H,54,56). The van der Waals surface area contributed by atoms with Crippen LogP contribution in [-0.2, 0) is 16.6 Å². The highest BCUT2D eigenvalue weighted by Gasteiger charge is 2.72. The number of amides is 1. The minimum atomic E-state index is -6.45. The van der Waals surface area contributed by atoms with Gasteiger partial charge in [0.2, 0.25) is 0 Å². The predicted octanol–water partition coefficient (Wildman–Crippen LogP) is 10.2. The van der Waals surface area contributed by atoms with Gasteiger partial charge in [0.15, 0.2) is 11.4 Å². The average molecular weight is 815 g/mol. The molecular weight excluding hydrogens is 779 g/mol. The molecule has 1 amide bonds. The van der Waals surface area contributed by atoms with Gasteiger partial charge >= 0.3 is 18.5 Å². The third-order valence-electron chi connectivity index (χ3n) is 10.8. The van der Waals surface area contributed by atoms with Crippen molar-refractivity contribution in [1.82, 2.24) is 0 Å². The van der Waals surface area contributed by atoms with Crippen molar-refractivity contribution in [2.24, 2.45) is 0 Å². The number of ketones is 1. The van der Waals surface area contributed by atoms with Crippen molar-refractivity contribution in [2.45, 2.75) is 62.8 Å². The largest absolute Gasteiger partial charge is 0.430 e. The SMILES string of the molecule is CNc1c(C)cc(C2(c3cc(C)c(NC(=O)c4cccc(C(C)=O)c4)c(C(O)(C(F)(F)F)C(F)(F)F)c3)c3ccccc3-c3ccccc32)cc1C(C)(O)C(F)(F)F. The summed E-state index contributed by atoms with van der Waals surface area (Å²) in [5, 5.41) is 27.0. The number of rotatable bonds is 8. The average Bonchev–Trinajstić information content (AvgIpc) is 3.44. The van der Waals surface area contributed by atoms with Crippen LogP contribution in [-0.4, -0.2) is 47.5 Å². The van der Waals surface area contributed by atoms with E-state index in [-0.39, 0.29) is 44.6 Å². The van der Waals surface area contributed by atoms with E-state index in [0.29, 0.717) is 24.1 Å². The van der Waals surface area contributed by atoms with Crippen molar-refractivity contribution in [3.05, 3.63) is 153 Å². The summed E-state index contributed by atoms with van der Waals surface area (Å²) in [6, 6.07) is 21.7. The molecule has 0 radical (unpaired) electrons. The number of aliphatic hydroxyl groups is 2. The van der Waals surface area contributed by atoms with E-state index in [1.165, 1.54) is 63.4 Å². The van der Waals surface area contributed by atoms with Crippen molar-refractivity contribution in [3.63, 3.8) is 0 Å². The van der Waals surface area contributed by atoms with Crippen molar-refractivity contribution < 1.29 is 59.3 Å². The maximum Gasteiger partial charge on any atom is 0.430 e. The molecule has 15 heteroatoms. The summed E-state index contributed by atoms with van der Waals surface area (Å²) in [6.07, 6.45) is -18.2. The molecule has 1 aliphatic rings. The number of benzene rings is 5. The second-order valence-electron chi connectivity index (χ2n) is 14.4. The fourth-order valence-electron chi connectivity index (χ4n) is 7.88. The normalized spacial score (nSPS) is 15.0. The van der Waals surface area contributed by atoms with E-state index in [2.05, 4.69) is 10.6 Å². The number of halogens is 9. The molecule has 5 aromatic rings. The summed E-state index contributed by atoms with van der Waals surface area (Å²) in [4.78, 5) is 25.6. The van der Waals surface area contributed by atoms with Crippen molar-refractivity contribution in [3.8, 4) is 11.1 Å². The van der Waals surface area contributed by atoms with Gasteiger partial charge in [0, 0.05) is 35.0 Å². The summed E-state index contributed by atoms with van der Waals surface area (Å²) >= 11 is 0. The van der Waals surface area contributed by atoms with E-state index in [4.69, 9.17) is 0 Å². The van der Waals surface area contributed by atoms with Gasteiger partial charge in [-0.2, -0.15) is 39.5 Å². The van der Waals surface area contributed by atoms with E-state index in [0.717, 1.165) is 19.1 Å². The van der Waals surface area contributed by atoms with Crippen LogP contribution in [0.25, 0.3) is 11.1 Å². The zero-order chi connectivity index (χ0) is 43.0. The molecule has 0 saturated carbocycles. The first kappa shape index (κ1) is 41.9. The lowest BCUT2D eigenvalue weighted by molar-refractivity contribution is -0.376. The second kappa shape index (κ2) is 14.0. The summed E-state index contributed by atoms with van der Waals surface area (Å²) in [7, 11) is 1.32. The van der Waals surface area contributed by atoms with Gasteiger partial charge in [0.05, 0.1) is 11.1 Å². The van der Waals surface area contributed by atoms with E-state index in [1.54, 1.807) is 36.4 Å². The number of fused-ring (bicyclic) bond motifs is 3. The highest BCUT2D eigenvalue weighted by Crippen LogP contribution is 2.60. The van der Waals surface area contributed by atoms with Gasteiger partial charge in [-0.15, -0.1) is 0 Å². The van der Waals surface area contributed by atoms with Crippen molar-refractivity contribution >= 4 is 23.1 Å². The zero-order valence-corrected chi connectivity index (χ0v) is 31.4. The van der Waals surface area contributed by atoms with Crippen LogP contribution in [0.5, 0.6) is 0 Å². The Morgan fingerprint density at radius 1 is 0.603 bits per heavy atom. The molecule has 1 unspecified atom stereocenters. The molecular formula is C43H35F9N2O4. The van der Waals surface area contributed by atoms with Crippen LogP contribution in [0.2, 0.25) is 0 Å². The van der Waals surface area contributed by atoms with Crippen LogP contribution in [0.4, 0.5) is 50.9 Å². The summed E-state index contributed by atoms with van der Waals surface area (Å²) < 4.78 is 134. The predicted molar refractivity (Wildman–Crippen MR) is 199 cm³/mol. The molecule has 1 atom stereocenters. The third kappa shape index (κ3) is 6.31. The Morgan fingerprint density at radius 3 is 1.53 bits per heavy atom. The van der Waals surface area contributed by atoms with Crippen LogP contribution >= 0.6 is 0 Å². The minimum Gasteiger partial charge on any atom is -0.388 e. The molecule has 0 aromatic heterocycles. The van der Waals surface area contributed by atoms with Crippen LogP contribution in [0.15, 0.2) is 97.1 Å². The molecule has 0 heterocycles. The summed E-state index contributed by atoms with van der Waals surface area (Å²) in [5.41, 5.74) is -14.4. The Bertz CT molecular complexity index is 2410. The van der Waals surface area contributed by atoms with Crippen LogP contribution in [0.3, 0.4) is 0 Å².